The van der Waals surface area contributed by atoms with Gasteiger partial charge in [-0.1, -0.05) is 12.1 Å². The van der Waals surface area contributed by atoms with E-state index in [1.165, 1.54) is 19.1 Å². The van der Waals surface area contributed by atoms with Gasteiger partial charge < -0.3 is 15.0 Å². The summed E-state index contributed by atoms with van der Waals surface area (Å²) in [7, 11) is 0. The number of amides is 2. The number of halogens is 1. The number of carbonyl (C=O) groups is 2. The van der Waals surface area contributed by atoms with Crippen molar-refractivity contribution in [3.63, 3.8) is 0 Å². The van der Waals surface area contributed by atoms with Crippen LogP contribution >= 0.6 is 0 Å². The van der Waals surface area contributed by atoms with Crippen LogP contribution in [0, 0.1) is 5.82 Å². The molecule has 1 N–H and O–H groups in total. The molecule has 1 aliphatic rings. The molecule has 0 spiro atoms. The Morgan fingerprint density at radius 1 is 1.25 bits per heavy atom. The second kappa shape index (κ2) is 6.31. The molecule has 0 saturated carbocycles. The molecule has 2 aromatic rings. The van der Waals surface area contributed by atoms with E-state index < -0.39 is 6.10 Å². The number of ether oxygens (including phenoxy) is 1. The standard InChI is InChI=1S/C18H17FN2O3/c1-11-18(23)21(10-13-3-5-14(19)6-4-13)16-9-15(20-12(2)22)7-8-17(16)24-11/h3-9,11H,10H2,1-2H3,(H,20,22). The predicted molar refractivity (Wildman–Crippen MR) is 88.4 cm³/mol. The lowest BCUT2D eigenvalue weighted by molar-refractivity contribution is -0.125. The van der Waals surface area contributed by atoms with Crippen molar-refractivity contribution in [1.82, 2.24) is 0 Å². The number of nitrogens with zero attached hydrogens (tertiary/aromatic N) is 1. The summed E-state index contributed by atoms with van der Waals surface area (Å²) < 4.78 is 18.7. The number of hydrogen-bond donors (Lipinski definition) is 1. The van der Waals surface area contributed by atoms with Crippen LogP contribution in [0.4, 0.5) is 15.8 Å². The van der Waals surface area contributed by atoms with Crippen LogP contribution < -0.4 is 15.0 Å². The van der Waals surface area contributed by atoms with Crippen LogP contribution in [0.25, 0.3) is 0 Å². The molecule has 5 nitrogen and oxygen atoms in total. The van der Waals surface area contributed by atoms with Gasteiger partial charge in [-0.25, -0.2) is 4.39 Å². The highest BCUT2D eigenvalue weighted by Crippen LogP contribution is 2.37. The molecule has 1 unspecified atom stereocenters. The average Bonchev–Trinajstić information content (AvgIpc) is 2.53. The summed E-state index contributed by atoms with van der Waals surface area (Å²) in [5.41, 5.74) is 1.96. The summed E-state index contributed by atoms with van der Waals surface area (Å²) in [6.45, 7) is 3.40. The normalized spacial score (nSPS) is 16.4. The Balaban J connectivity index is 1.96. The Bertz CT molecular complexity index is 789. The minimum atomic E-state index is -0.607. The highest BCUT2D eigenvalue weighted by Gasteiger charge is 2.31. The van der Waals surface area contributed by atoms with Crippen molar-refractivity contribution in [2.24, 2.45) is 0 Å². The fourth-order valence-electron chi connectivity index (χ4n) is 2.62. The molecule has 2 amide bonds. The fourth-order valence-corrected chi connectivity index (χ4v) is 2.62. The quantitative estimate of drug-likeness (QED) is 0.942. The first-order valence-corrected chi connectivity index (χ1v) is 7.58. The third-order valence-corrected chi connectivity index (χ3v) is 3.74. The summed E-state index contributed by atoms with van der Waals surface area (Å²) in [4.78, 5) is 25.4. The van der Waals surface area contributed by atoms with Gasteiger partial charge in [0, 0.05) is 12.6 Å². The summed E-state index contributed by atoms with van der Waals surface area (Å²) in [5.74, 6) is -0.143. The maximum absolute atomic E-state index is 13.1. The lowest BCUT2D eigenvalue weighted by Gasteiger charge is -2.33. The van der Waals surface area contributed by atoms with Crippen molar-refractivity contribution in [2.75, 3.05) is 10.2 Å². The van der Waals surface area contributed by atoms with Gasteiger partial charge >= 0.3 is 0 Å². The lowest BCUT2D eigenvalue weighted by atomic mass is 10.1. The number of fused-ring (bicyclic) bond motifs is 1. The zero-order chi connectivity index (χ0) is 17.3. The van der Waals surface area contributed by atoms with Crippen molar-refractivity contribution in [1.29, 1.82) is 0 Å². The summed E-state index contributed by atoms with van der Waals surface area (Å²) in [6, 6.07) is 11.1. The number of benzene rings is 2. The molecule has 0 radical (unpaired) electrons. The second-order valence-electron chi connectivity index (χ2n) is 5.67. The molecule has 1 atom stereocenters. The van der Waals surface area contributed by atoms with Gasteiger partial charge in [0.25, 0.3) is 5.91 Å². The van der Waals surface area contributed by atoms with Crippen molar-refractivity contribution in [2.45, 2.75) is 26.5 Å². The highest BCUT2D eigenvalue weighted by atomic mass is 19.1. The largest absolute Gasteiger partial charge is 0.479 e. The van der Waals surface area contributed by atoms with Crippen molar-refractivity contribution < 1.29 is 18.7 Å². The van der Waals surface area contributed by atoms with Crippen molar-refractivity contribution in [3.8, 4) is 5.75 Å². The lowest BCUT2D eigenvalue weighted by Crippen LogP contribution is -2.44. The molecule has 1 heterocycles. The van der Waals surface area contributed by atoms with Gasteiger partial charge in [0.1, 0.15) is 11.6 Å². The Morgan fingerprint density at radius 3 is 2.62 bits per heavy atom. The van der Waals surface area contributed by atoms with E-state index in [0.717, 1.165) is 5.56 Å². The first-order valence-electron chi connectivity index (χ1n) is 7.58. The topological polar surface area (TPSA) is 58.6 Å². The monoisotopic (exact) mass is 328 g/mol. The van der Waals surface area contributed by atoms with Gasteiger partial charge in [0.05, 0.1) is 12.2 Å². The molecule has 2 aromatic carbocycles. The molecule has 0 aromatic heterocycles. The predicted octanol–water partition coefficient (Wildman–Crippen LogP) is 3.10. The third kappa shape index (κ3) is 3.22. The summed E-state index contributed by atoms with van der Waals surface area (Å²) >= 11 is 0. The molecule has 0 bridgehead atoms. The molecule has 0 saturated heterocycles. The van der Waals surface area contributed by atoms with Crippen LogP contribution in [0.5, 0.6) is 5.75 Å². The average molecular weight is 328 g/mol. The van der Waals surface area contributed by atoms with Crippen LogP contribution in [-0.2, 0) is 16.1 Å². The van der Waals surface area contributed by atoms with Crippen LogP contribution in [0.2, 0.25) is 0 Å². The molecule has 6 heteroatoms. The van der Waals surface area contributed by atoms with Crippen molar-refractivity contribution in [3.05, 3.63) is 53.8 Å². The molecule has 24 heavy (non-hydrogen) atoms. The number of nitrogens with one attached hydrogen (secondary N) is 1. The van der Waals surface area contributed by atoms with Crippen molar-refractivity contribution >= 4 is 23.2 Å². The number of anilines is 2. The van der Waals surface area contributed by atoms with E-state index in [-0.39, 0.29) is 17.6 Å². The van der Waals surface area contributed by atoms with Crippen LogP contribution in [0.1, 0.15) is 19.4 Å². The van der Waals surface area contributed by atoms with E-state index in [2.05, 4.69) is 5.32 Å². The fraction of sp³-hybridized carbons (Fsp3) is 0.222. The SMILES string of the molecule is CC(=O)Nc1ccc2c(c1)N(Cc1ccc(F)cc1)C(=O)C(C)O2. The van der Waals surface area contributed by atoms with E-state index in [9.17, 15) is 14.0 Å². The molecule has 124 valence electrons. The second-order valence-corrected chi connectivity index (χ2v) is 5.67. The third-order valence-electron chi connectivity index (χ3n) is 3.74. The Hall–Kier alpha value is -2.89. The van der Waals surface area contributed by atoms with Gasteiger partial charge in [-0.15, -0.1) is 0 Å². The Morgan fingerprint density at radius 2 is 1.96 bits per heavy atom. The van der Waals surface area contributed by atoms with E-state index >= 15 is 0 Å². The highest BCUT2D eigenvalue weighted by molar-refractivity contribution is 6.01. The molecule has 1 aliphatic heterocycles. The maximum Gasteiger partial charge on any atom is 0.268 e. The van der Waals surface area contributed by atoms with Gasteiger partial charge in [-0.3, -0.25) is 9.59 Å². The van der Waals surface area contributed by atoms with Gasteiger partial charge in [-0.05, 0) is 42.8 Å². The van der Waals surface area contributed by atoms with Crippen LogP contribution in [0.15, 0.2) is 42.5 Å². The van der Waals surface area contributed by atoms with Gasteiger partial charge in [-0.2, -0.15) is 0 Å². The Kier molecular flexibility index (Phi) is 4.20. The maximum atomic E-state index is 13.1. The van der Waals surface area contributed by atoms with E-state index in [1.54, 1.807) is 42.2 Å². The first-order chi connectivity index (χ1) is 11.4. The first kappa shape index (κ1) is 16.0. The molecule has 0 aliphatic carbocycles. The van der Waals surface area contributed by atoms with Crippen LogP contribution in [-0.4, -0.2) is 17.9 Å². The zero-order valence-corrected chi connectivity index (χ0v) is 13.4. The van der Waals surface area contributed by atoms with Gasteiger partial charge in [0.15, 0.2) is 6.10 Å². The smallest absolute Gasteiger partial charge is 0.268 e. The summed E-state index contributed by atoms with van der Waals surface area (Å²) in [6.07, 6.45) is -0.607. The van der Waals surface area contributed by atoms with E-state index in [4.69, 9.17) is 4.74 Å². The van der Waals surface area contributed by atoms with E-state index in [0.29, 0.717) is 23.7 Å². The number of hydrogen-bond acceptors (Lipinski definition) is 3. The molecule has 0 fully saturated rings. The number of rotatable bonds is 3. The molecule has 3 rings (SSSR count). The molecular formula is C18H17FN2O3. The zero-order valence-electron chi connectivity index (χ0n) is 13.4. The molecular weight excluding hydrogens is 311 g/mol. The number of carbonyl (C=O) groups excluding carboxylic acids is 2. The minimum Gasteiger partial charge on any atom is -0.479 e. The Labute approximate surface area is 139 Å². The van der Waals surface area contributed by atoms with Crippen LogP contribution in [0.3, 0.4) is 0 Å². The van der Waals surface area contributed by atoms with E-state index in [1.807, 2.05) is 0 Å². The summed E-state index contributed by atoms with van der Waals surface area (Å²) in [5, 5.41) is 2.69. The minimum absolute atomic E-state index is 0.188. The van der Waals surface area contributed by atoms with Gasteiger partial charge in [0.2, 0.25) is 5.91 Å².